The molecule has 11 nitrogen and oxygen atoms in total. The Kier molecular flexibility index (Phi) is 7.31. The molecule has 3 heterocycles. The van der Waals surface area contributed by atoms with Crippen molar-refractivity contribution in [2.75, 3.05) is 12.3 Å². The van der Waals surface area contributed by atoms with E-state index >= 15 is 0 Å². The summed E-state index contributed by atoms with van der Waals surface area (Å²) in [4.78, 5) is 51.9. The van der Waals surface area contributed by atoms with E-state index in [0.717, 1.165) is 11.1 Å². The van der Waals surface area contributed by atoms with Crippen molar-refractivity contribution in [2.45, 2.75) is 52.6 Å². The quantitative estimate of drug-likeness (QED) is 0.359. The van der Waals surface area contributed by atoms with Crippen molar-refractivity contribution in [3.63, 3.8) is 0 Å². The van der Waals surface area contributed by atoms with Crippen molar-refractivity contribution in [1.29, 1.82) is 0 Å². The number of hydrogen-bond acceptors (Lipinski definition) is 10. The number of hydrogen-bond donors (Lipinski definition) is 1. The van der Waals surface area contributed by atoms with Crippen LogP contribution in [-0.4, -0.2) is 50.3 Å². The van der Waals surface area contributed by atoms with Crippen LogP contribution in [0.2, 0.25) is 0 Å². The van der Waals surface area contributed by atoms with E-state index in [1.165, 1.54) is 4.57 Å². The van der Waals surface area contributed by atoms with Crippen LogP contribution in [0.25, 0.3) is 11.2 Å². The Morgan fingerprint density at radius 2 is 1.52 bits per heavy atom. The van der Waals surface area contributed by atoms with Gasteiger partial charge in [0.15, 0.2) is 11.5 Å². The maximum Gasteiger partial charge on any atom is 0.338 e. The molecule has 5 rings (SSSR count). The van der Waals surface area contributed by atoms with Crippen molar-refractivity contribution in [3.05, 3.63) is 92.7 Å². The number of aromatic nitrogens is 4. The normalized spacial score (nSPS) is 18.6. The minimum atomic E-state index is -0.899. The summed E-state index contributed by atoms with van der Waals surface area (Å²) in [5.41, 5.74) is 9.04. The number of carbonyl (C=O) groups is 2. The first kappa shape index (κ1) is 26.9. The molecule has 0 amide bonds. The van der Waals surface area contributed by atoms with Gasteiger partial charge in [-0.2, -0.15) is 0 Å². The summed E-state index contributed by atoms with van der Waals surface area (Å²) < 4.78 is 19.0. The molecule has 3 atom stereocenters. The summed E-state index contributed by atoms with van der Waals surface area (Å²) in [5.74, 6) is -0.625. The van der Waals surface area contributed by atoms with Crippen LogP contribution in [0.15, 0.2) is 53.3 Å². The van der Waals surface area contributed by atoms with Crippen molar-refractivity contribution < 1.29 is 23.8 Å². The number of esters is 2. The zero-order chi connectivity index (χ0) is 28.6. The van der Waals surface area contributed by atoms with E-state index in [2.05, 4.69) is 15.0 Å². The third-order valence-corrected chi connectivity index (χ3v) is 6.72. The van der Waals surface area contributed by atoms with Crippen LogP contribution in [0.4, 0.5) is 5.82 Å². The molecule has 0 unspecified atom stereocenters. The van der Waals surface area contributed by atoms with Gasteiger partial charge in [-0.15, -0.1) is 0 Å². The van der Waals surface area contributed by atoms with Crippen LogP contribution in [-0.2, 0) is 14.2 Å². The van der Waals surface area contributed by atoms with Crippen LogP contribution in [0, 0.1) is 27.7 Å². The number of benzene rings is 2. The van der Waals surface area contributed by atoms with Crippen molar-refractivity contribution in [3.8, 4) is 0 Å². The zero-order valence-corrected chi connectivity index (χ0v) is 22.6. The summed E-state index contributed by atoms with van der Waals surface area (Å²) in [5, 5.41) is 0. The first-order valence-corrected chi connectivity index (χ1v) is 12.8. The Morgan fingerprint density at radius 3 is 2.15 bits per heavy atom. The number of nitrogen functional groups attached to an aromatic ring is 1. The smallest absolute Gasteiger partial charge is 0.338 e. The second kappa shape index (κ2) is 10.9. The predicted octanol–water partition coefficient (Wildman–Crippen LogP) is 3.37. The van der Waals surface area contributed by atoms with Crippen LogP contribution in [0.5, 0.6) is 0 Å². The highest BCUT2D eigenvalue weighted by Gasteiger charge is 2.41. The highest BCUT2D eigenvalue weighted by molar-refractivity contribution is 5.90. The average molecular weight is 544 g/mol. The largest absolute Gasteiger partial charge is 0.459 e. The van der Waals surface area contributed by atoms with Crippen LogP contribution < -0.4 is 11.3 Å². The van der Waals surface area contributed by atoms with Gasteiger partial charge in [-0.1, -0.05) is 35.4 Å². The van der Waals surface area contributed by atoms with E-state index in [9.17, 15) is 14.4 Å². The highest BCUT2D eigenvalue weighted by atomic mass is 16.6. The molecule has 206 valence electrons. The first-order valence-electron chi connectivity index (χ1n) is 12.8. The van der Waals surface area contributed by atoms with Crippen molar-refractivity contribution in [2.24, 2.45) is 0 Å². The van der Waals surface area contributed by atoms with E-state index in [-0.39, 0.29) is 35.7 Å². The topological polar surface area (TPSA) is 149 Å². The number of fused-ring (bicyclic) bond motifs is 1. The van der Waals surface area contributed by atoms with Gasteiger partial charge in [-0.3, -0.25) is 9.36 Å². The molecule has 1 fully saturated rings. The lowest BCUT2D eigenvalue weighted by atomic mass is 10.1. The number of aryl methyl sites for hydroxylation is 4. The molecule has 0 bridgehead atoms. The number of rotatable bonds is 6. The second-order valence-electron chi connectivity index (χ2n) is 9.84. The summed E-state index contributed by atoms with van der Waals surface area (Å²) in [6, 6.07) is 13.9. The SMILES string of the molecule is Cc1ccc(C(=O)OC[C@H]2O[C@H](n3c(=O)c(C)nc4c(N)nc(C)nc43)C[C@@H]2OC(=O)c2ccc(C)cc2)cc1. The molecule has 0 spiro atoms. The summed E-state index contributed by atoms with van der Waals surface area (Å²) in [7, 11) is 0. The Morgan fingerprint density at radius 1 is 0.925 bits per heavy atom. The average Bonchev–Trinajstić information content (AvgIpc) is 3.31. The number of nitrogens with two attached hydrogens (primary N) is 1. The van der Waals surface area contributed by atoms with Gasteiger partial charge in [0.1, 0.15) is 42.1 Å². The molecular weight excluding hydrogens is 514 g/mol. The van der Waals surface area contributed by atoms with Gasteiger partial charge in [0.05, 0.1) is 11.1 Å². The highest BCUT2D eigenvalue weighted by Crippen LogP contribution is 2.33. The van der Waals surface area contributed by atoms with E-state index < -0.39 is 35.9 Å². The molecule has 40 heavy (non-hydrogen) atoms. The molecule has 11 heteroatoms. The third kappa shape index (κ3) is 5.41. The van der Waals surface area contributed by atoms with E-state index in [1.807, 2.05) is 38.1 Å². The predicted molar refractivity (Wildman–Crippen MR) is 146 cm³/mol. The number of anilines is 1. The van der Waals surface area contributed by atoms with E-state index in [1.54, 1.807) is 38.1 Å². The number of carbonyl (C=O) groups excluding carboxylic acids is 2. The molecule has 4 aromatic rings. The maximum absolute atomic E-state index is 13.3. The summed E-state index contributed by atoms with van der Waals surface area (Å²) >= 11 is 0. The first-order chi connectivity index (χ1) is 19.1. The minimum absolute atomic E-state index is 0.103. The van der Waals surface area contributed by atoms with Gasteiger partial charge in [0.2, 0.25) is 0 Å². The molecular formula is C29H29N5O6. The Balaban J connectivity index is 1.46. The van der Waals surface area contributed by atoms with E-state index in [4.69, 9.17) is 19.9 Å². The molecule has 1 aliphatic heterocycles. The Bertz CT molecular complexity index is 1650. The molecule has 1 saturated heterocycles. The fraction of sp³-hybridized carbons (Fsp3) is 0.310. The second-order valence-corrected chi connectivity index (χ2v) is 9.84. The minimum Gasteiger partial charge on any atom is -0.459 e. The molecule has 0 aliphatic carbocycles. The lowest BCUT2D eigenvalue weighted by Gasteiger charge is -2.19. The molecule has 0 radical (unpaired) electrons. The molecule has 2 N–H and O–H groups in total. The Hall–Kier alpha value is -4.64. The van der Waals surface area contributed by atoms with Gasteiger partial charge >= 0.3 is 11.9 Å². The summed E-state index contributed by atoms with van der Waals surface area (Å²) in [6.07, 6.45) is -2.49. The fourth-order valence-electron chi connectivity index (χ4n) is 4.56. The van der Waals surface area contributed by atoms with Crippen LogP contribution in [0.3, 0.4) is 0 Å². The van der Waals surface area contributed by atoms with Crippen LogP contribution >= 0.6 is 0 Å². The lowest BCUT2D eigenvalue weighted by Crippen LogP contribution is -2.32. The molecule has 2 aromatic carbocycles. The van der Waals surface area contributed by atoms with Crippen LogP contribution in [0.1, 0.15) is 56.0 Å². The van der Waals surface area contributed by atoms with Gasteiger partial charge in [-0.05, 0) is 52.0 Å². The van der Waals surface area contributed by atoms with Gasteiger partial charge in [-0.25, -0.2) is 24.5 Å². The standard InChI is InChI=1S/C29H29N5O6/c1-15-5-9-19(10-6-15)28(36)38-14-22-21(40-29(37)20-11-7-16(2)8-12-20)13-23(39-22)34-26-24(31-17(3)27(34)35)25(30)32-18(4)33-26/h5-12,21-23H,13-14H2,1-4H3,(H2,30,32,33)/t21-,22+,23-/m0/s1. The van der Waals surface area contributed by atoms with Crippen molar-refractivity contribution in [1.82, 2.24) is 19.5 Å². The number of ether oxygens (including phenoxy) is 3. The van der Waals surface area contributed by atoms with Gasteiger partial charge < -0.3 is 19.9 Å². The molecule has 1 aliphatic rings. The van der Waals surface area contributed by atoms with E-state index in [0.29, 0.717) is 17.0 Å². The lowest BCUT2D eigenvalue weighted by molar-refractivity contribution is -0.0570. The molecule has 2 aromatic heterocycles. The van der Waals surface area contributed by atoms with Gasteiger partial charge in [0, 0.05) is 6.42 Å². The summed E-state index contributed by atoms with van der Waals surface area (Å²) in [6.45, 7) is 6.84. The monoisotopic (exact) mass is 543 g/mol. The zero-order valence-electron chi connectivity index (χ0n) is 22.6. The fourth-order valence-corrected chi connectivity index (χ4v) is 4.56. The third-order valence-electron chi connectivity index (χ3n) is 6.72. The number of nitrogens with zero attached hydrogens (tertiary/aromatic N) is 4. The molecule has 0 saturated carbocycles. The maximum atomic E-state index is 13.3. The van der Waals surface area contributed by atoms with Crippen molar-refractivity contribution >= 4 is 28.9 Å². The van der Waals surface area contributed by atoms with Gasteiger partial charge in [0.25, 0.3) is 5.56 Å². The Labute approximate surface area is 229 Å².